The van der Waals surface area contributed by atoms with Crippen LogP contribution in [0.25, 0.3) is 11.4 Å². The molecule has 1 heterocycles. The Labute approximate surface area is 106 Å². The van der Waals surface area contributed by atoms with E-state index in [0.717, 1.165) is 22.8 Å². The Morgan fingerprint density at radius 1 is 1.33 bits per heavy atom. The van der Waals surface area contributed by atoms with Crippen LogP contribution in [0.15, 0.2) is 30.3 Å². The van der Waals surface area contributed by atoms with Crippen LogP contribution in [0.1, 0.15) is 17.8 Å². The molecule has 1 aromatic heterocycles. The maximum Gasteiger partial charge on any atom is 0.137 e. The van der Waals surface area contributed by atoms with Crippen molar-refractivity contribution in [3.63, 3.8) is 0 Å². The van der Waals surface area contributed by atoms with E-state index in [1.807, 2.05) is 43.3 Å². The van der Waals surface area contributed by atoms with Crippen molar-refractivity contribution < 1.29 is 4.74 Å². The third-order valence-corrected chi connectivity index (χ3v) is 2.63. The topological polar surface area (TPSA) is 61.7 Å². The summed E-state index contributed by atoms with van der Waals surface area (Å²) in [5.41, 5.74) is 2.96. The highest BCUT2D eigenvalue weighted by molar-refractivity contribution is 5.55. The molecule has 92 valence electrons. The molecular weight excluding hydrogens is 226 g/mol. The molecule has 0 aliphatic rings. The maximum atomic E-state index is 8.42. The Morgan fingerprint density at radius 3 is 2.83 bits per heavy atom. The molecule has 4 heteroatoms. The molecule has 2 aromatic rings. The average Bonchev–Trinajstić information content (AvgIpc) is 2.77. The normalized spacial score (nSPS) is 10.2. The Bertz CT molecular complexity index is 540. The third-order valence-electron chi connectivity index (χ3n) is 2.63. The van der Waals surface area contributed by atoms with Crippen LogP contribution in [0, 0.1) is 18.3 Å². The first-order chi connectivity index (χ1) is 8.81. The molecule has 0 aliphatic heterocycles. The molecule has 0 saturated heterocycles. The molecule has 4 nitrogen and oxygen atoms in total. The zero-order valence-electron chi connectivity index (χ0n) is 10.3. The van der Waals surface area contributed by atoms with Crippen molar-refractivity contribution in [3.8, 4) is 17.5 Å². The summed E-state index contributed by atoms with van der Waals surface area (Å²) in [5.74, 6) is 0.854. The van der Waals surface area contributed by atoms with E-state index in [2.05, 4.69) is 9.97 Å². The van der Waals surface area contributed by atoms with Gasteiger partial charge in [-0.25, -0.2) is 4.98 Å². The first-order valence-electron chi connectivity index (χ1n) is 5.87. The second kappa shape index (κ2) is 5.99. The fraction of sp³-hybridized carbons (Fsp3) is 0.286. The number of nitriles is 1. The van der Waals surface area contributed by atoms with Gasteiger partial charge in [0.1, 0.15) is 5.82 Å². The van der Waals surface area contributed by atoms with Crippen molar-refractivity contribution in [3.05, 3.63) is 41.7 Å². The largest absolute Gasteiger partial charge is 0.374 e. The minimum absolute atomic E-state index is 0.412. The summed E-state index contributed by atoms with van der Waals surface area (Å²) in [6.45, 7) is 2.86. The van der Waals surface area contributed by atoms with Gasteiger partial charge in [0.15, 0.2) is 0 Å². The number of aromatic nitrogens is 2. The average molecular weight is 241 g/mol. The fourth-order valence-electron chi connectivity index (χ4n) is 1.66. The second-order valence-electron chi connectivity index (χ2n) is 3.98. The Kier molecular flexibility index (Phi) is 4.11. The highest BCUT2D eigenvalue weighted by Gasteiger charge is 2.07. The number of nitrogens with one attached hydrogen (secondary N) is 1. The number of aromatic amines is 1. The number of benzene rings is 1. The van der Waals surface area contributed by atoms with Crippen LogP contribution in [-0.2, 0) is 11.3 Å². The summed E-state index contributed by atoms with van der Waals surface area (Å²) in [7, 11) is 0. The van der Waals surface area contributed by atoms with Gasteiger partial charge in [0.05, 0.1) is 31.4 Å². The number of H-pyrrole nitrogens is 1. The highest BCUT2D eigenvalue weighted by atomic mass is 16.5. The maximum absolute atomic E-state index is 8.42. The van der Waals surface area contributed by atoms with E-state index in [9.17, 15) is 0 Å². The molecule has 0 spiro atoms. The SMILES string of the molecule is Cc1[nH]c(-c2ccccc2)nc1COCCC#N. The van der Waals surface area contributed by atoms with E-state index >= 15 is 0 Å². The summed E-state index contributed by atoms with van der Waals surface area (Å²) in [4.78, 5) is 7.76. The molecule has 0 unspecified atom stereocenters. The van der Waals surface area contributed by atoms with Gasteiger partial charge in [0.25, 0.3) is 0 Å². The molecule has 0 radical (unpaired) electrons. The van der Waals surface area contributed by atoms with Crippen molar-refractivity contribution in [2.45, 2.75) is 20.0 Å². The molecule has 0 bridgehead atoms. The van der Waals surface area contributed by atoms with Crippen LogP contribution in [-0.4, -0.2) is 16.6 Å². The van der Waals surface area contributed by atoms with E-state index in [1.165, 1.54) is 0 Å². The minimum atomic E-state index is 0.412. The molecule has 1 aromatic carbocycles. The van der Waals surface area contributed by atoms with Gasteiger partial charge in [-0.05, 0) is 6.92 Å². The molecular formula is C14H15N3O. The predicted molar refractivity (Wildman–Crippen MR) is 68.6 cm³/mol. The Balaban J connectivity index is 2.06. The van der Waals surface area contributed by atoms with E-state index in [-0.39, 0.29) is 0 Å². The lowest BCUT2D eigenvalue weighted by molar-refractivity contribution is 0.123. The molecule has 2 rings (SSSR count). The Morgan fingerprint density at radius 2 is 2.11 bits per heavy atom. The summed E-state index contributed by atoms with van der Waals surface area (Å²) < 4.78 is 5.39. The molecule has 18 heavy (non-hydrogen) atoms. The van der Waals surface area contributed by atoms with Gasteiger partial charge in [-0.1, -0.05) is 30.3 Å². The molecule has 0 atom stereocenters. The first-order valence-corrected chi connectivity index (χ1v) is 5.87. The zero-order valence-corrected chi connectivity index (χ0v) is 10.3. The van der Waals surface area contributed by atoms with E-state index in [1.54, 1.807) is 0 Å². The zero-order chi connectivity index (χ0) is 12.8. The number of hydrogen-bond acceptors (Lipinski definition) is 3. The van der Waals surface area contributed by atoms with Gasteiger partial charge in [0.2, 0.25) is 0 Å². The van der Waals surface area contributed by atoms with Crippen molar-refractivity contribution in [2.75, 3.05) is 6.61 Å². The van der Waals surface area contributed by atoms with E-state index in [0.29, 0.717) is 19.6 Å². The van der Waals surface area contributed by atoms with Crippen LogP contribution in [0.2, 0.25) is 0 Å². The van der Waals surface area contributed by atoms with Crippen molar-refractivity contribution >= 4 is 0 Å². The lowest BCUT2D eigenvalue weighted by Gasteiger charge is -1.98. The van der Waals surface area contributed by atoms with Gasteiger partial charge >= 0.3 is 0 Å². The third kappa shape index (κ3) is 2.96. The van der Waals surface area contributed by atoms with Gasteiger partial charge in [-0.2, -0.15) is 5.26 Å². The summed E-state index contributed by atoms with van der Waals surface area (Å²) in [6, 6.07) is 12.0. The predicted octanol–water partition coefficient (Wildman–Crippen LogP) is 2.82. The summed E-state index contributed by atoms with van der Waals surface area (Å²) in [5, 5.41) is 8.42. The van der Waals surface area contributed by atoms with Gasteiger partial charge in [0, 0.05) is 11.3 Å². The number of rotatable bonds is 5. The lowest BCUT2D eigenvalue weighted by atomic mass is 10.2. The fourth-order valence-corrected chi connectivity index (χ4v) is 1.66. The number of hydrogen-bond donors (Lipinski definition) is 1. The quantitative estimate of drug-likeness (QED) is 0.819. The number of aryl methyl sites for hydroxylation is 1. The number of ether oxygens (including phenoxy) is 1. The molecule has 0 saturated carbocycles. The second-order valence-corrected chi connectivity index (χ2v) is 3.98. The summed E-state index contributed by atoms with van der Waals surface area (Å²) >= 11 is 0. The molecule has 0 amide bonds. The van der Waals surface area contributed by atoms with Crippen molar-refractivity contribution in [2.24, 2.45) is 0 Å². The molecule has 0 aliphatic carbocycles. The van der Waals surface area contributed by atoms with E-state index in [4.69, 9.17) is 10.00 Å². The van der Waals surface area contributed by atoms with Crippen LogP contribution >= 0.6 is 0 Å². The van der Waals surface area contributed by atoms with Crippen LogP contribution in [0.5, 0.6) is 0 Å². The van der Waals surface area contributed by atoms with Gasteiger partial charge in [-0.3, -0.25) is 0 Å². The van der Waals surface area contributed by atoms with Crippen molar-refractivity contribution in [1.29, 1.82) is 5.26 Å². The first kappa shape index (κ1) is 12.3. The van der Waals surface area contributed by atoms with Crippen LogP contribution in [0.4, 0.5) is 0 Å². The highest BCUT2D eigenvalue weighted by Crippen LogP contribution is 2.17. The lowest BCUT2D eigenvalue weighted by Crippen LogP contribution is -1.96. The number of imidazole rings is 1. The minimum Gasteiger partial charge on any atom is -0.374 e. The monoisotopic (exact) mass is 241 g/mol. The van der Waals surface area contributed by atoms with Gasteiger partial charge < -0.3 is 9.72 Å². The molecule has 0 fully saturated rings. The van der Waals surface area contributed by atoms with Crippen LogP contribution in [0.3, 0.4) is 0 Å². The standard InChI is InChI=1S/C14H15N3O/c1-11-13(10-18-9-5-8-15)17-14(16-11)12-6-3-2-4-7-12/h2-4,6-7H,5,9-10H2,1H3,(H,16,17). The molecule has 1 N–H and O–H groups in total. The van der Waals surface area contributed by atoms with Crippen LogP contribution < -0.4 is 0 Å². The van der Waals surface area contributed by atoms with E-state index < -0.39 is 0 Å². The van der Waals surface area contributed by atoms with Gasteiger partial charge in [-0.15, -0.1) is 0 Å². The number of nitrogens with zero attached hydrogens (tertiary/aromatic N) is 2. The smallest absolute Gasteiger partial charge is 0.137 e. The summed E-state index contributed by atoms with van der Waals surface area (Å²) in [6.07, 6.45) is 0.412. The van der Waals surface area contributed by atoms with Crippen molar-refractivity contribution in [1.82, 2.24) is 9.97 Å². The Hall–Kier alpha value is -2.12.